The van der Waals surface area contributed by atoms with Crippen LogP contribution in [-0.4, -0.2) is 51.0 Å². The quantitative estimate of drug-likeness (QED) is 0.550. The molecule has 0 unspecified atom stereocenters. The van der Waals surface area contributed by atoms with Gasteiger partial charge in [-0.05, 0) is 55.2 Å². The Morgan fingerprint density at radius 2 is 1.76 bits per heavy atom. The predicted octanol–water partition coefficient (Wildman–Crippen LogP) is 3.93. The first kappa shape index (κ1) is 27.0. The van der Waals surface area contributed by atoms with E-state index in [-0.39, 0.29) is 12.5 Å². The van der Waals surface area contributed by atoms with Gasteiger partial charge in [-0.2, -0.15) is 0 Å². The van der Waals surface area contributed by atoms with Crippen LogP contribution in [0.3, 0.4) is 0 Å². The first-order chi connectivity index (χ1) is 15.4. The summed E-state index contributed by atoms with van der Waals surface area (Å²) in [4.78, 5) is 27.5. The average Bonchev–Trinajstić information content (AvgIpc) is 2.75. The molecule has 2 rings (SSSR count). The standard InChI is InChI=1S/C23H29Cl2N3O4S/c1-6-20(23(30)26-4)27(13-17-10-11-18(24)19(25)12-17)22(29)14-28(33(5,31)32)21-9-7-8-15(2)16(21)3/h7-12,20H,6,13-14H2,1-5H3,(H,26,30)/t20-/m0/s1. The van der Waals surface area contributed by atoms with E-state index in [0.717, 1.165) is 21.7 Å². The number of benzene rings is 2. The normalized spacial score (nSPS) is 12.2. The molecule has 33 heavy (non-hydrogen) atoms. The van der Waals surface area contributed by atoms with E-state index in [2.05, 4.69) is 5.32 Å². The number of likely N-dealkylation sites (N-methyl/N-ethyl adjacent to an activating group) is 1. The van der Waals surface area contributed by atoms with Crippen molar-refractivity contribution < 1.29 is 18.0 Å². The highest BCUT2D eigenvalue weighted by atomic mass is 35.5. The molecule has 2 amide bonds. The topological polar surface area (TPSA) is 86.8 Å². The van der Waals surface area contributed by atoms with Crippen LogP contribution in [0.2, 0.25) is 10.0 Å². The van der Waals surface area contributed by atoms with Gasteiger partial charge in [-0.3, -0.25) is 13.9 Å². The molecule has 0 saturated carbocycles. The van der Waals surface area contributed by atoms with Crippen molar-refractivity contribution in [3.05, 3.63) is 63.1 Å². The van der Waals surface area contributed by atoms with E-state index in [1.54, 1.807) is 44.2 Å². The van der Waals surface area contributed by atoms with Gasteiger partial charge in [-0.15, -0.1) is 0 Å². The summed E-state index contributed by atoms with van der Waals surface area (Å²) in [6.07, 6.45) is 1.40. The van der Waals surface area contributed by atoms with E-state index in [4.69, 9.17) is 23.2 Å². The fourth-order valence-electron chi connectivity index (χ4n) is 3.52. The fourth-order valence-corrected chi connectivity index (χ4v) is 4.74. The molecule has 0 bridgehead atoms. The zero-order chi connectivity index (χ0) is 24.9. The molecular weight excluding hydrogens is 485 g/mol. The third-order valence-electron chi connectivity index (χ3n) is 5.49. The molecule has 10 heteroatoms. The van der Waals surface area contributed by atoms with Crippen LogP contribution in [0, 0.1) is 13.8 Å². The molecule has 0 saturated heterocycles. The SMILES string of the molecule is CC[C@@H](C(=O)NC)N(Cc1ccc(Cl)c(Cl)c1)C(=O)CN(c1cccc(C)c1C)S(C)(=O)=O. The monoisotopic (exact) mass is 513 g/mol. The number of nitrogens with zero attached hydrogens (tertiary/aromatic N) is 2. The maximum atomic E-state index is 13.5. The van der Waals surface area contributed by atoms with Crippen molar-refractivity contribution in [2.45, 2.75) is 39.8 Å². The van der Waals surface area contributed by atoms with E-state index in [9.17, 15) is 18.0 Å². The maximum absolute atomic E-state index is 13.5. The minimum absolute atomic E-state index is 0.0616. The van der Waals surface area contributed by atoms with Crippen LogP contribution in [-0.2, 0) is 26.2 Å². The van der Waals surface area contributed by atoms with Gasteiger partial charge in [0.25, 0.3) is 0 Å². The number of anilines is 1. The highest BCUT2D eigenvalue weighted by Crippen LogP contribution is 2.27. The lowest BCUT2D eigenvalue weighted by Gasteiger charge is -2.33. The van der Waals surface area contributed by atoms with Crippen LogP contribution in [0.25, 0.3) is 0 Å². The number of hydrogen-bond donors (Lipinski definition) is 1. The summed E-state index contributed by atoms with van der Waals surface area (Å²) in [5.41, 5.74) is 2.74. The number of amides is 2. The van der Waals surface area contributed by atoms with Crippen molar-refractivity contribution in [2.24, 2.45) is 0 Å². The van der Waals surface area contributed by atoms with Gasteiger partial charge in [0.1, 0.15) is 12.6 Å². The number of rotatable bonds is 9. The summed E-state index contributed by atoms with van der Waals surface area (Å²) in [6.45, 7) is 5.08. The van der Waals surface area contributed by atoms with Gasteiger partial charge in [0.2, 0.25) is 21.8 Å². The van der Waals surface area contributed by atoms with Gasteiger partial charge in [0.05, 0.1) is 22.0 Å². The number of carbonyl (C=O) groups excluding carboxylic acids is 2. The molecule has 2 aromatic carbocycles. The van der Waals surface area contributed by atoms with Crippen LogP contribution in [0.1, 0.15) is 30.0 Å². The number of carbonyl (C=O) groups is 2. The Morgan fingerprint density at radius 1 is 1.09 bits per heavy atom. The molecule has 0 fully saturated rings. The van der Waals surface area contributed by atoms with E-state index in [1.807, 2.05) is 13.0 Å². The number of hydrogen-bond acceptors (Lipinski definition) is 4. The van der Waals surface area contributed by atoms with Gasteiger partial charge in [-0.25, -0.2) is 8.42 Å². The molecule has 0 spiro atoms. The van der Waals surface area contributed by atoms with Gasteiger partial charge >= 0.3 is 0 Å². The maximum Gasteiger partial charge on any atom is 0.244 e. The molecule has 0 radical (unpaired) electrons. The summed E-state index contributed by atoms with van der Waals surface area (Å²) in [7, 11) is -2.29. The first-order valence-corrected chi connectivity index (χ1v) is 13.0. The van der Waals surface area contributed by atoms with Crippen molar-refractivity contribution in [1.29, 1.82) is 0 Å². The smallest absolute Gasteiger partial charge is 0.244 e. The molecule has 2 aromatic rings. The van der Waals surface area contributed by atoms with Crippen LogP contribution in [0.4, 0.5) is 5.69 Å². The number of sulfonamides is 1. The second-order valence-electron chi connectivity index (χ2n) is 7.80. The van der Waals surface area contributed by atoms with Crippen LogP contribution < -0.4 is 9.62 Å². The third-order valence-corrected chi connectivity index (χ3v) is 7.36. The lowest BCUT2D eigenvalue weighted by Crippen LogP contribution is -2.51. The van der Waals surface area contributed by atoms with E-state index in [0.29, 0.717) is 27.7 Å². The summed E-state index contributed by atoms with van der Waals surface area (Å²) < 4.78 is 26.4. The summed E-state index contributed by atoms with van der Waals surface area (Å²) in [5.74, 6) is -0.855. The number of aryl methyl sites for hydroxylation is 1. The van der Waals surface area contributed by atoms with Crippen LogP contribution in [0.5, 0.6) is 0 Å². The van der Waals surface area contributed by atoms with E-state index >= 15 is 0 Å². The van der Waals surface area contributed by atoms with Crippen LogP contribution >= 0.6 is 23.2 Å². The molecule has 0 aromatic heterocycles. The Bertz CT molecular complexity index is 1140. The Balaban J connectivity index is 2.49. The zero-order valence-electron chi connectivity index (χ0n) is 19.4. The second-order valence-corrected chi connectivity index (χ2v) is 10.5. The van der Waals surface area contributed by atoms with Crippen LogP contribution in [0.15, 0.2) is 36.4 Å². The van der Waals surface area contributed by atoms with E-state index in [1.165, 1.54) is 11.9 Å². The molecular formula is C23H29Cl2N3O4S. The lowest BCUT2D eigenvalue weighted by atomic mass is 10.1. The van der Waals surface area contributed by atoms with Gasteiger partial charge in [-0.1, -0.05) is 48.3 Å². The Hall–Kier alpha value is -2.29. The molecule has 0 heterocycles. The second kappa shape index (κ2) is 11.2. The molecule has 0 aliphatic carbocycles. The van der Waals surface area contributed by atoms with E-state index < -0.39 is 28.5 Å². The Kier molecular flexibility index (Phi) is 9.17. The minimum atomic E-state index is -3.78. The first-order valence-electron chi connectivity index (χ1n) is 10.4. The zero-order valence-corrected chi connectivity index (χ0v) is 21.7. The minimum Gasteiger partial charge on any atom is -0.357 e. The van der Waals surface area contributed by atoms with Gasteiger partial charge < -0.3 is 10.2 Å². The van der Waals surface area contributed by atoms with Gasteiger partial charge in [0.15, 0.2) is 0 Å². The third kappa shape index (κ3) is 6.62. The average molecular weight is 514 g/mol. The van der Waals surface area contributed by atoms with Gasteiger partial charge in [0, 0.05) is 13.6 Å². The largest absolute Gasteiger partial charge is 0.357 e. The highest BCUT2D eigenvalue weighted by Gasteiger charge is 2.31. The molecule has 0 aliphatic rings. The number of nitrogens with one attached hydrogen (secondary N) is 1. The van der Waals surface area contributed by atoms with Crippen molar-refractivity contribution in [2.75, 3.05) is 24.2 Å². The number of halogens is 2. The van der Waals surface area contributed by atoms with Crippen molar-refractivity contribution >= 4 is 50.7 Å². The predicted molar refractivity (Wildman–Crippen MR) is 133 cm³/mol. The molecule has 7 nitrogen and oxygen atoms in total. The highest BCUT2D eigenvalue weighted by molar-refractivity contribution is 7.92. The van der Waals surface area contributed by atoms with Crippen molar-refractivity contribution in [3.8, 4) is 0 Å². The molecule has 0 aliphatic heterocycles. The summed E-state index contributed by atoms with van der Waals surface area (Å²) in [6, 6.07) is 9.43. The molecule has 180 valence electrons. The summed E-state index contributed by atoms with van der Waals surface area (Å²) >= 11 is 12.1. The molecule has 1 atom stereocenters. The van der Waals surface area contributed by atoms with Crippen molar-refractivity contribution in [3.63, 3.8) is 0 Å². The molecule has 1 N–H and O–H groups in total. The fraction of sp³-hybridized carbons (Fsp3) is 0.391. The summed E-state index contributed by atoms with van der Waals surface area (Å²) in [5, 5.41) is 3.27. The van der Waals surface area contributed by atoms with Crippen molar-refractivity contribution in [1.82, 2.24) is 10.2 Å². The lowest BCUT2D eigenvalue weighted by molar-refractivity contribution is -0.140. The Morgan fingerprint density at radius 3 is 2.30 bits per heavy atom. The Labute approximate surface area is 205 Å².